The molecule has 154 valence electrons. The molecule has 0 amide bonds. The minimum Gasteiger partial charge on any atom is -0.379 e. The number of aromatic amines is 1. The van der Waals surface area contributed by atoms with Crippen LogP contribution >= 0.6 is 23.2 Å². The van der Waals surface area contributed by atoms with Crippen molar-refractivity contribution in [1.29, 1.82) is 5.26 Å². The summed E-state index contributed by atoms with van der Waals surface area (Å²) in [5.41, 5.74) is 4.39. The van der Waals surface area contributed by atoms with Crippen LogP contribution in [0.2, 0.25) is 10.0 Å². The first kappa shape index (κ1) is 19.8. The van der Waals surface area contributed by atoms with Crippen LogP contribution in [0.25, 0.3) is 33.8 Å². The summed E-state index contributed by atoms with van der Waals surface area (Å²) in [4.78, 5) is 7.70. The van der Waals surface area contributed by atoms with Gasteiger partial charge in [-0.1, -0.05) is 29.3 Å². The molecule has 0 radical (unpaired) electrons. The normalized spacial score (nSPS) is 16.7. The van der Waals surface area contributed by atoms with Gasteiger partial charge in [0.1, 0.15) is 5.65 Å². The van der Waals surface area contributed by atoms with Gasteiger partial charge in [-0.3, -0.25) is 4.68 Å². The maximum absolute atomic E-state index is 9.76. The van der Waals surface area contributed by atoms with E-state index < -0.39 is 0 Å². The summed E-state index contributed by atoms with van der Waals surface area (Å²) in [6.45, 7) is 1.45. The highest BCUT2D eigenvalue weighted by molar-refractivity contribution is 6.38. The number of pyridine rings is 1. The summed E-state index contributed by atoms with van der Waals surface area (Å²) >= 11 is 12.6. The van der Waals surface area contributed by atoms with E-state index in [4.69, 9.17) is 27.9 Å². The Morgan fingerprint density at radius 1 is 1.26 bits per heavy atom. The van der Waals surface area contributed by atoms with E-state index >= 15 is 0 Å². The number of nitriles is 1. The van der Waals surface area contributed by atoms with Crippen molar-refractivity contribution < 1.29 is 4.74 Å². The maximum atomic E-state index is 9.76. The number of rotatable bonds is 4. The van der Waals surface area contributed by atoms with Crippen LogP contribution in [0.5, 0.6) is 0 Å². The van der Waals surface area contributed by atoms with Gasteiger partial charge >= 0.3 is 0 Å². The summed E-state index contributed by atoms with van der Waals surface area (Å²) in [6, 6.07) is 9.72. The topological polar surface area (TPSA) is 79.5 Å². The average molecular weight is 450 g/mol. The van der Waals surface area contributed by atoms with Gasteiger partial charge in [-0.05, 0) is 30.7 Å². The molecule has 0 bridgehead atoms. The van der Waals surface area contributed by atoms with Crippen molar-refractivity contribution in [3.8, 4) is 17.2 Å². The molecule has 4 aromatic rings. The van der Waals surface area contributed by atoms with E-state index in [-0.39, 0.29) is 6.04 Å². The minimum atomic E-state index is 0.273. The second-order valence-corrected chi connectivity index (χ2v) is 8.17. The third kappa shape index (κ3) is 3.72. The zero-order valence-corrected chi connectivity index (χ0v) is 17.9. The van der Waals surface area contributed by atoms with Gasteiger partial charge in [0.15, 0.2) is 0 Å². The van der Waals surface area contributed by atoms with Crippen molar-refractivity contribution in [1.82, 2.24) is 19.7 Å². The lowest BCUT2D eigenvalue weighted by atomic mass is 10.0. The fourth-order valence-electron chi connectivity index (χ4n) is 3.79. The summed E-state index contributed by atoms with van der Waals surface area (Å²) in [7, 11) is 0. The molecular formula is C23H17Cl2N5O. The number of aromatic nitrogens is 4. The molecule has 1 aromatic carbocycles. The van der Waals surface area contributed by atoms with Gasteiger partial charge in [-0.2, -0.15) is 10.4 Å². The second-order valence-electron chi connectivity index (χ2n) is 7.36. The maximum Gasteiger partial charge on any atom is 0.137 e. The molecule has 31 heavy (non-hydrogen) atoms. The average Bonchev–Trinajstić information content (AvgIpc) is 3.53. The smallest absolute Gasteiger partial charge is 0.137 e. The summed E-state index contributed by atoms with van der Waals surface area (Å²) < 4.78 is 7.42. The first-order valence-corrected chi connectivity index (χ1v) is 10.5. The number of hydrogen-bond donors (Lipinski definition) is 1. The van der Waals surface area contributed by atoms with Crippen LogP contribution in [0.4, 0.5) is 0 Å². The number of allylic oxidation sites excluding steroid dienone is 1. The first-order valence-electron chi connectivity index (χ1n) is 9.79. The van der Waals surface area contributed by atoms with E-state index in [9.17, 15) is 5.26 Å². The second kappa shape index (κ2) is 8.20. The zero-order chi connectivity index (χ0) is 21.4. The molecule has 1 saturated heterocycles. The lowest BCUT2D eigenvalue weighted by Crippen LogP contribution is -2.08. The predicted molar refractivity (Wildman–Crippen MR) is 122 cm³/mol. The van der Waals surface area contributed by atoms with Gasteiger partial charge in [0.2, 0.25) is 0 Å². The number of nitrogens with zero attached hydrogens (tertiary/aromatic N) is 4. The fraction of sp³-hybridized carbons (Fsp3) is 0.174. The predicted octanol–water partition coefficient (Wildman–Crippen LogP) is 5.76. The Bertz CT molecular complexity index is 1320. The minimum absolute atomic E-state index is 0.273. The molecule has 1 aliphatic rings. The third-order valence-electron chi connectivity index (χ3n) is 5.43. The third-order valence-corrected chi connectivity index (χ3v) is 6.06. The first-order chi connectivity index (χ1) is 15.1. The van der Waals surface area contributed by atoms with Crippen molar-refractivity contribution in [2.24, 2.45) is 0 Å². The molecule has 4 heterocycles. The Kier molecular flexibility index (Phi) is 5.24. The van der Waals surface area contributed by atoms with E-state index in [1.807, 2.05) is 35.5 Å². The van der Waals surface area contributed by atoms with Crippen molar-refractivity contribution in [2.45, 2.75) is 12.5 Å². The van der Waals surface area contributed by atoms with Gasteiger partial charge in [-0.25, -0.2) is 4.98 Å². The van der Waals surface area contributed by atoms with Crippen LogP contribution in [0.1, 0.15) is 23.6 Å². The number of fused-ring (bicyclic) bond motifs is 1. The summed E-state index contributed by atoms with van der Waals surface area (Å²) in [5, 5.41) is 16.0. The highest BCUT2D eigenvalue weighted by atomic mass is 35.5. The number of halogens is 2. The summed E-state index contributed by atoms with van der Waals surface area (Å²) in [5.74, 6) is 0. The van der Waals surface area contributed by atoms with Crippen LogP contribution in [0, 0.1) is 11.3 Å². The van der Waals surface area contributed by atoms with E-state index in [0.29, 0.717) is 27.8 Å². The molecular weight excluding hydrogens is 433 g/mol. The highest BCUT2D eigenvalue weighted by Gasteiger charge is 2.19. The van der Waals surface area contributed by atoms with Gasteiger partial charge in [0.25, 0.3) is 0 Å². The Hall–Kier alpha value is -3.11. The fourth-order valence-corrected chi connectivity index (χ4v) is 4.39. The van der Waals surface area contributed by atoms with Crippen molar-refractivity contribution in [3.05, 3.63) is 70.2 Å². The van der Waals surface area contributed by atoms with E-state index in [1.165, 1.54) is 0 Å². The quantitative estimate of drug-likeness (QED) is 0.401. The summed E-state index contributed by atoms with van der Waals surface area (Å²) in [6.07, 6.45) is 10.2. The largest absolute Gasteiger partial charge is 0.379 e. The molecule has 0 saturated carbocycles. The number of benzene rings is 1. The van der Waals surface area contributed by atoms with E-state index in [0.717, 1.165) is 40.8 Å². The van der Waals surface area contributed by atoms with Gasteiger partial charge in [0.05, 0.1) is 40.5 Å². The molecule has 6 nitrogen and oxygen atoms in total. The number of ether oxygens (including phenoxy) is 1. The molecule has 5 rings (SSSR count). The Morgan fingerprint density at radius 2 is 2.10 bits per heavy atom. The standard InChI is InChI=1S/C23H17Cl2N5O/c24-20-2-1-3-21(25)22(20)14(8-26)6-16-10-28-23-19(16)7-15(9-27-23)17-11-29-30(12-17)18-4-5-31-13-18/h1-3,6-7,9-12,18H,4-5,13H2,(H,27,28)/b14-6+. The Morgan fingerprint density at radius 3 is 2.84 bits per heavy atom. The van der Waals surface area contributed by atoms with Gasteiger partial charge in [-0.15, -0.1) is 0 Å². The van der Waals surface area contributed by atoms with Crippen molar-refractivity contribution in [3.63, 3.8) is 0 Å². The Labute approximate surface area is 188 Å². The van der Waals surface area contributed by atoms with Crippen LogP contribution < -0.4 is 0 Å². The van der Waals surface area contributed by atoms with E-state index in [1.54, 1.807) is 24.3 Å². The van der Waals surface area contributed by atoms with Gasteiger partial charge in [0, 0.05) is 52.8 Å². The Balaban J connectivity index is 1.55. The molecule has 3 aromatic heterocycles. The number of hydrogen-bond acceptors (Lipinski definition) is 4. The number of H-pyrrole nitrogens is 1. The van der Waals surface area contributed by atoms with Crippen LogP contribution in [-0.4, -0.2) is 33.0 Å². The monoisotopic (exact) mass is 449 g/mol. The lowest BCUT2D eigenvalue weighted by molar-refractivity contribution is 0.184. The van der Waals surface area contributed by atoms with Crippen LogP contribution in [-0.2, 0) is 4.74 Å². The number of nitrogens with one attached hydrogen (secondary N) is 1. The molecule has 0 spiro atoms. The molecule has 1 N–H and O–H groups in total. The van der Waals surface area contributed by atoms with Crippen molar-refractivity contribution >= 4 is 45.9 Å². The van der Waals surface area contributed by atoms with E-state index in [2.05, 4.69) is 21.1 Å². The van der Waals surface area contributed by atoms with Gasteiger partial charge < -0.3 is 9.72 Å². The molecule has 1 fully saturated rings. The highest BCUT2D eigenvalue weighted by Crippen LogP contribution is 2.33. The molecule has 1 aliphatic heterocycles. The van der Waals surface area contributed by atoms with Crippen molar-refractivity contribution in [2.75, 3.05) is 13.2 Å². The van der Waals surface area contributed by atoms with Crippen LogP contribution in [0.15, 0.2) is 49.1 Å². The molecule has 0 aliphatic carbocycles. The lowest BCUT2D eigenvalue weighted by Gasteiger charge is -2.07. The molecule has 8 heteroatoms. The SMILES string of the molecule is N#C/C(=C\c1c[nH]c2ncc(-c3cnn(C4CCOC4)c3)cc12)c1c(Cl)cccc1Cl. The zero-order valence-electron chi connectivity index (χ0n) is 16.3. The van der Waals surface area contributed by atoms with Crippen LogP contribution in [0.3, 0.4) is 0 Å². The molecule has 1 unspecified atom stereocenters. The molecule has 1 atom stereocenters.